The summed E-state index contributed by atoms with van der Waals surface area (Å²) in [7, 11) is 3.17. The molecule has 0 saturated carbocycles. The van der Waals surface area contributed by atoms with Crippen LogP contribution >= 0.6 is 0 Å². The van der Waals surface area contributed by atoms with Gasteiger partial charge in [-0.05, 0) is 107 Å². The highest BCUT2D eigenvalue weighted by Gasteiger charge is 2.29. The number of likely N-dealkylation sites (tertiary alicyclic amines) is 2. The van der Waals surface area contributed by atoms with Crippen molar-refractivity contribution in [3.8, 4) is 11.5 Å². The summed E-state index contributed by atoms with van der Waals surface area (Å²) in [6.07, 6.45) is 4.11. The Bertz CT molecular complexity index is 1840. The van der Waals surface area contributed by atoms with Crippen molar-refractivity contribution in [3.63, 3.8) is 0 Å². The number of carboxylic acid groups (broad SMARTS) is 2. The van der Waals surface area contributed by atoms with Gasteiger partial charge < -0.3 is 30.3 Å². The van der Waals surface area contributed by atoms with Crippen LogP contribution in [-0.2, 0) is 9.59 Å². The van der Waals surface area contributed by atoms with Crippen molar-refractivity contribution < 1.29 is 38.9 Å². The first-order valence-electron chi connectivity index (χ1n) is 17.6. The molecule has 2 saturated heterocycles. The number of nitrogens with zero attached hydrogens (tertiary/aromatic N) is 4. The first-order valence-corrected chi connectivity index (χ1v) is 17.6. The Kier molecular flexibility index (Phi) is 13.0. The minimum absolute atomic E-state index is 0.0835. The van der Waals surface area contributed by atoms with Gasteiger partial charge in [0.2, 0.25) is 0 Å². The number of nitrogens with one attached hydrogen (secondary N) is 4. The molecule has 2 aromatic heterocycles. The predicted molar refractivity (Wildman–Crippen MR) is 193 cm³/mol. The van der Waals surface area contributed by atoms with Gasteiger partial charge in [0.1, 0.15) is 17.5 Å². The molecule has 0 bridgehead atoms. The molecule has 2 fully saturated rings. The van der Waals surface area contributed by atoms with Gasteiger partial charge in [0, 0.05) is 23.9 Å². The summed E-state index contributed by atoms with van der Waals surface area (Å²) in [5, 5.41) is 39.4. The van der Waals surface area contributed by atoms with Crippen molar-refractivity contribution in [2.75, 3.05) is 60.0 Å². The third-order valence-electron chi connectivity index (χ3n) is 9.90. The second-order valence-electron chi connectivity index (χ2n) is 13.2. The Labute approximate surface area is 301 Å². The molecule has 16 heteroatoms. The van der Waals surface area contributed by atoms with Crippen molar-refractivity contribution in [3.05, 3.63) is 47.8 Å². The number of carboxylic acids is 2. The molecule has 2 aliphatic rings. The van der Waals surface area contributed by atoms with Gasteiger partial charge in [-0.25, -0.2) is 0 Å². The molecule has 0 radical (unpaired) electrons. The van der Waals surface area contributed by atoms with Crippen LogP contribution < -0.4 is 20.1 Å². The highest BCUT2D eigenvalue weighted by atomic mass is 16.5. The molecule has 2 amide bonds. The number of aromatic nitrogens is 4. The topological polar surface area (TPSA) is 215 Å². The molecule has 16 nitrogen and oxygen atoms in total. The second kappa shape index (κ2) is 17.8. The lowest BCUT2D eigenvalue weighted by atomic mass is 9.95. The lowest BCUT2D eigenvalue weighted by molar-refractivity contribution is -0.144. The summed E-state index contributed by atoms with van der Waals surface area (Å²) in [6.45, 7) is 6.09. The number of hydrogen-bond donors (Lipinski definition) is 6. The first-order chi connectivity index (χ1) is 25.1. The van der Waals surface area contributed by atoms with Crippen molar-refractivity contribution in [1.82, 2.24) is 40.8 Å². The Morgan fingerprint density at radius 2 is 1.25 bits per heavy atom. The van der Waals surface area contributed by atoms with Crippen molar-refractivity contribution in [2.45, 2.75) is 45.1 Å². The lowest BCUT2D eigenvalue weighted by Gasteiger charge is -2.35. The number of fused-ring (bicyclic) bond motifs is 2. The van der Waals surface area contributed by atoms with Gasteiger partial charge in [0.15, 0.2) is 11.4 Å². The maximum Gasteiger partial charge on any atom is 0.320 e. The molecule has 0 spiro atoms. The maximum absolute atomic E-state index is 12.5. The number of hydrogen-bond acceptors (Lipinski definition) is 10. The number of aromatic amines is 2. The Balaban J connectivity index is 0.000000202. The molecular formula is C36H48N8O8. The molecule has 1 unspecified atom stereocenters. The van der Waals surface area contributed by atoms with E-state index in [1.165, 1.54) is 0 Å². The molecule has 52 heavy (non-hydrogen) atoms. The fourth-order valence-electron chi connectivity index (χ4n) is 6.83. The van der Waals surface area contributed by atoms with Crippen LogP contribution in [0.1, 0.15) is 60.0 Å². The molecule has 2 aromatic carbocycles. The summed E-state index contributed by atoms with van der Waals surface area (Å²) in [5.74, 6) is 0.0621. The van der Waals surface area contributed by atoms with Crippen molar-refractivity contribution >= 4 is 45.6 Å². The largest absolute Gasteiger partial charge is 0.497 e. The van der Waals surface area contributed by atoms with Crippen LogP contribution in [-0.4, -0.2) is 130 Å². The van der Waals surface area contributed by atoms with E-state index in [-0.39, 0.29) is 18.4 Å². The minimum Gasteiger partial charge on any atom is -0.497 e. The van der Waals surface area contributed by atoms with Crippen molar-refractivity contribution in [1.29, 1.82) is 0 Å². The smallest absolute Gasteiger partial charge is 0.320 e. The van der Waals surface area contributed by atoms with Crippen molar-refractivity contribution in [2.24, 2.45) is 11.8 Å². The average Bonchev–Trinajstić information content (AvgIpc) is 3.78. The number of benzene rings is 2. The monoisotopic (exact) mass is 720 g/mol. The normalized spacial score (nSPS) is 16.5. The quantitative estimate of drug-likeness (QED) is 0.118. The fourth-order valence-corrected chi connectivity index (χ4v) is 6.83. The van der Waals surface area contributed by atoms with Gasteiger partial charge in [-0.3, -0.25) is 39.2 Å². The molecule has 4 heterocycles. The number of methoxy groups -OCH3 is 2. The molecule has 2 aliphatic heterocycles. The Morgan fingerprint density at radius 1 is 0.788 bits per heavy atom. The lowest BCUT2D eigenvalue weighted by Crippen LogP contribution is -2.46. The zero-order valence-electron chi connectivity index (χ0n) is 29.8. The number of H-pyrrole nitrogens is 2. The number of ether oxygens (including phenoxy) is 2. The number of aliphatic carboxylic acids is 2. The number of piperidine rings is 2. The summed E-state index contributed by atoms with van der Waals surface area (Å²) < 4.78 is 10.4. The van der Waals surface area contributed by atoms with Crippen LogP contribution in [0.4, 0.5) is 0 Å². The van der Waals surface area contributed by atoms with Crippen LogP contribution in [0.15, 0.2) is 36.4 Å². The van der Waals surface area contributed by atoms with Gasteiger partial charge in [-0.1, -0.05) is 6.92 Å². The van der Waals surface area contributed by atoms with E-state index in [0.717, 1.165) is 73.7 Å². The highest BCUT2D eigenvalue weighted by molar-refractivity contribution is 6.05. The third-order valence-corrected chi connectivity index (χ3v) is 9.90. The Morgan fingerprint density at radius 3 is 1.65 bits per heavy atom. The summed E-state index contributed by atoms with van der Waals surface area (Å²) >= 11 is 0. The van der Waals surface area contributed by atoms with Gasteiger partial charge in [0.25, 0.3) is 11.8 Å². The van der Waals surface area contributed by atoms with E-state index < -0.39 is 18.0 Å². The van der Waals surface area contributed by atoms with Gasteiger partial charge in [0.05, 0.1) is 31.8 Å². The number of carbonyl (C=O) groups is 4. The molecule has 280 valence electrons. The standard InChI is InChI=1S/C19H26N4O4.C17H22N4O4/c1-3-16(19(25)26)23-8-6-12(7-9-23)11-20-18(24)17-14-10-13(27-2)4-5-15(14)21-22-17;1-25-12-2-3-14-13(8-12)16(20-19-14)17(24)18-9-11-4-6-21(7-5-11)10-15(22)23/h4-5,10,12,16H,3,6-9,11H2,1-2H3,(H,20,24)(H,21,22)(H,25,26);2-3,8,11H,4-7,9-10H2,1H3,(H,18,24)(H,19,20)(H,22,23). The Hall–Kier alpha value is -5.22. The molecular weight excluding hydrogens is 672 g/mol. The van der Waals surface area contributed by atoms with Crippen LogP contribution in [0.3, 0.4) is 0 Å². The minimum atomic E-state index is -0.799. The van der Waals surface area contributed by atoms with E-state index in [0.29, 0.717) is 54.2 Å². The van der Waals surface area contributed by atoms with E-state index in [4.69, 9.17) is 14.6 Å². The predicted octanol–water partition coefficient (Wildman–Crippen LogP) is 2.97. The number of amides is 2. The molecule has 6 N–H and O–H groups in total. The van der Waals surface area contributed by atoms with E-state index in [1.54, 1.807) is 26.4 Å². The summed E-state index contributed by atoms with van der Waals surface area (Å²) in [6, 6.07) is 10.5. The van der Waals surface area contributed by atoms with Crippen LogP contribution in [0, 0.1) is 11.8 Å². The fraction of sp³-hybridized carbons (Fsp3) is 0.500. The maximum atomic E-state index is 12.5. The van der Waals surface area contributed by atoms with Gasteiger partial charge in [-0.2, -0.15) is 10.2 Å². The number of rotatable bonds is 13. The van der Waals surface area contributed by atoms with Gasteiger partial charge in [-0.15, -0.1) is 0 Å². The van der Waals surface area contributed by atoms with Crippen LogP contribution in [0.25, 0.3) is 21.8 Å². The summed E-state index contributed by atoms with van der Waals surface area (Å²) in [4.78, 5) is 51.0. The van der Waals surface area contributed by atoms with E-state index >= 15 is 0 Å². The van der Waals surface area contributed by atoms with E-state index in [9.17, 15) is 24.3 Å². The second-order valence-corrected chi connectivity index (χ2v) is 13.2. The van der Waals surface area contributed by atoms with E-state index in [2.05, 4.69) is 31.0 Å². The molecule has 0 aliphatic carbocycles. The number of carbonyl (C=O) groups excluding carboxylic acids is 2. The highest BCUT2D eigenvalue weighted by Crippen LogP contribution is 2.24. The van der Waals surface area contributed by atoms with E-state index in [1.807, 2.05) is 41.0 Å². The SMILES string of the molecule is CCC(C(=O)O)N1CCC(CNC(=O)c2n[nH]c3ccc(OC)cc23)CC1.COc1ccc2[nH]nc(C(=O)NCC3CCN(CC(=O)O)CC3)c2c1. The van der Waals surface area contributed by atoms with Crippen LogP contribution in [0.5, 0.6) is 11.5 Å². The zero-order chi connectivity index (χ0) is 37.2. The third kappa shape index (κ3) is 9.55. The van der Waals surface area contributed by atoms with Gasteiger partial charge >= 0.3 is 11.9 Å². The summed E-state index contributed by atoms with van der Waals surface area (Å²) in [5.41, 5.74) is 2.29. The zero-order valence-corrected chi connectivity index (χ0v) is 29.8. The average molecular weight is 721 g/mol. The van der Waals surface area contributed by atoms with Crippen LogP contribution in [0.2, 0.25) is 0 Å². The molecule has 1 atom stereocenters. The molecule has 4 aromatic rings. The molecule has 6 rings (SSSR count). The first kappa shape index (κ1) is 38.0.